The van der Waals surface area contributed by atoms with Gasteiger partial charge in [0.1, 0.15) is 0 Å². The maximum atomic E-state index is 5.89. The largest absolute Gasteiger partial charge is 0.380 e. The van der Waals surface area contributed by atoms with Gasteiger partial charge in [0.2, 0.25) is 0 Å². The molecule has 0 aromatic rings. The summed E-state index contributed by atoms with van der Waals surface area (Å²) in [5.74, 6) is 5.08. The van der Waals surface area contributed by atoms with Crippen molar-refractivity contribution in [2.45, 2.75) is 58.4 Å². The third-order valence-corrected chi connectivity index (χ3v) is 5.88. The molecule has 4 aliphatic rings. The zero-order valence-electron chi connectivity index (χ0n) is 12.7. The summed E-state index contributed by atoms with van der Waals surface area (Å²) in [5, 5.41) is 3.74. The topological polar surface area (TPSA) is 21.3 Å². The van der Waals surface area contributed by atoms with Crippen LogP contribution in [0.2, 0.25) is 0 Å². The van der Waals surface area contributed by atoms with Crippen LogP contribution in [0.3, 0.4) is 0 Å². The van der Waals surface area contributed by atoms with E-state index in [-0.39, 0.29) is 0 Å². The highest BCUT2D eigenvalue weighted by Gasteiger charge is 2.50. The molecule has 0 radical (unpaired) electrons. The third kappa shape index (κ3) is 2.85. The smallest absolute Gasteiger partial charge is 0.0622 e. The molecule has 0 aromatic carbocycles. The van der Waals surface area contributed by atoms with E-state index in [2.05, 4.69) is 19.2 Å². The Morgan fingerprint density at radius 2 is 1.63 bits per heavy atom. The fraction of sp³-hybridized carbons (Fsp3) is 1.00. The van der Waals surface area contributed by atoms with Gasteiger partial charge < -0.3 is 10.1 Å². The lowest BCUT2D eigenvalue weighted by Gasteiger charge is -2.56. The molecule has 2 nitrogen and oxygen atoms in total. The van der Waals surface area contributed by atoms with E-state index >= 15 is 0 Å². The molecular weight excluding hydrogens is 234 g/mol. The lowest BCUT2D eigenvalue weighted by atomic mass is 9.50. The Kier molecular flexibility index (Phi) is 4.48. The first-order valence-electron chi connectivity index (χ1n) is 8.62. The van der Waals surface area contributed by atoms with Crippen molar-refractivity contribution < 1.29 is 4.74 Å². The van der Waals surface area contributed by atoms with E-state index in [1.807, 2.05) is 0 Å². The molecule has 4 saturated carbocycles. The monoisotopic (exact) mass is 265 g/mol. The normalized spacial score (nSPS) is 41.7. The molecule has 1 N–H and O–H groups in total. The molecule has 4 bridgehead atoms. The molecule has 0 amide bonds. The molecule has 19 heavy (non-hydrogen) atoms. The molecule has 4 aliphatic carbocycles. The Morgan fingerprint density at radius 1 is 1.00 bits per heavy atom. The standard InChI is InChI=1S/C17H31NO/c1-3-5-19-11-16(18-4-2)17-14-7-12-6-13(9-14)10-15(17)8-12/h12-18H,3-11H2,1-2H3. The Labute approximate surface area is 118 Å². The van der Waals surface area contributed by atoms with Crippen LogP contribution in [0, 0.1) is 29.6 Å². The van der Waals surface area contributed by atoms with Crippen LogP contribution in [-0.4, -0.2) is 25.8 Å². The van der Waals surface area contributed by atoms with E-state index in [0.29, 0.717) is 6.04 Å². The fourth-order valence-electron chi connectivity index (χ4n) is 5.55. The van der Waals surface area contributed by atoms with Gasteiger partial charge in [-0.1, -0.05) is 13.8 Å². The van der Waals surface area contributed by atoms with Gasteiger partial charge in [-0.15, -0.1) is 0 Å². The molecule has 0 saturated heterocycles. The Balaban J connectivity index is 1.64. The van der Waals surface area contributed by atoms with E-state index in [4.69, 9.17) is 4.74 Å². The van der Waals surface area contributed by atoms with E-state index in [1.165, 1.54) is 25.7 Å². The van der Waals surface area contributed by atoms with Crippen LogP contribution in [0.4, 0.5) is 0 Å². The zero-order valence-corrected chi connectivity index (χ0v) is 12.7. The molecule has 0 heterocycles. The SMILES string of the molecule is CCCOCC(NCC)C1C2CC3CC(C2)CC1C3. The molecule has 4 rings (SSSR count). The highest BCUT2D eigenvalue weighted by molar-refractivity contribution is 5.01. The highest BCUT2D eigenvalue weighted by atomic mass is 16.5. The van der Waals surface area contributed by atoms with E-state index in [1.54, 1.807) is 6.42 Å². The van der Waals surface area contributed by atoms with E-state index < -0.39 is 0 Å². The van der Waals surface area contributed by atoms with Crippen molar-refractivity contribution in [2.24, 2.45) is 29.6 Å². The Hall–Kier alpha value is -0.0800. The predicted octanol–water partition coefficient (Wildman–Crippen LogP) is 3.46. The zero-order chi connectivity index (χ0) is 13.2. The molecule has 110 valence electrons. The summed E-state index contributed by atoms with van der Waals surface area (Å²) in [4.78, 5) is 0. The Bertz CT molecular complexity index is 263. The van der Waals surface area contributed by atoms with Gasteiger partial charge in [-0.3, -0.25) is 0 Å². The van der Waals surface area contributed by atoms with Crippen LogP contribution in [-0.2, 0) is 4.74 Å². The number of nitrogens with one attached hydrogen (secondary N) is 1. The molecule has 1 unspecified atom stereocenters. The van der Waals surface area contributed by atoms with Crippen molar-refractivity contribution in [2.75, 3.05) is 19.8 Å². The van der Waals surface area contributed by atoms with Crippen molar-refractivity contribution in [1.82, 2.24) is 5.32 Å². The number of hydrogen-bond donors (Lipinski definition) is 1. The number of rotatable bonds is 7. The van der Waals surface area contributed by atoms with Crippen LogP contribution >= 0.6 is 0 Å². The first-order chi connectivity index (χ1) is 9.31. The summed E-state index contributed by atoms with van der Waals surface area (Å²) in [6.45, 7) is 7.39. The highest BCUT2D eigenvalue weighted by Crippen LogP contribution is 2.57. The maximum absolute atomic E-state index is 5.89. The predicted molar refractivity (Wildman–Crippen MR) is 79.1 cm³/mol. The third-order valence-electron chi connectivity index (χ3n) is 5.88. The van der Waals surface area contributed by atoms with E-state index in [9.17, 15) is 0 Å². The van der Waals surface area contributed by atoms with Gasteiger partial charge in [0.05, 0.1) is 6.61 Å². The Morgan fingerprint density at radius 3 is 2.16 bits per heavy atom. The van der Waals surface area contributed by atoms with Gasteiger partial charge in [-0.2, -0.15) is 0 Å². The van der Waals surface area contributed by atoms with Gasteiger partial charge in [0.15, 0.2) is 0 Å². The van der Waals surface area contributed by atoms with Crippen LogP contribution in [0.5, 0.6) is 0 Å². The van der Waals surface area contributed by atoms with Crippen LogP contribution in [0.25, 0.3) is 0 Å². The van der Waals surface area contributed by atoms with Gasteiger partial charge in [0, 0.05) is 12.6 Å². The molecule has 4 fully saturated rings. The minimum Gasteiger partial charge on any atom is -0.380 e. The van der Waals surface area contributed by atoms with Gasteiger partial charge >= 0.3 is 0 Å². The van der Waals surface area contributed by atoms with Gasteiger partial charge in [0.25, 0.3) is 0 Å². The molecule has 0 aromatic heterocycles. The maximum Gasteiger partial charge on any atom is 0.0622 e. The van der Waals surface area contributed by atoms with Crippen LogP contribution in [0.1, 0.15) is 52.4 Å². The summed E-state index contributed by atoms with van der Waals surface area (Å²) < 4.78 is 5.89. The number of ether oxygens (including phenoxy) is 1. The minimum absolute atomic E-state index is 0.617. The number of likely N-dealkylation sites (N-methyl/N-ethyl adjacent to an activating group) is 1. The van der Waals surface area contributed by atoms with E-state index in [0.717, 1.165) is 55.8 Å². The second-order valence-electron chi connectivity index (χ2n) is 7.25. The summed E-state index contributed by atoms with van der Waals surface area (Å²) in [5.41, 5.74) is 0. The summed E-state index contributed by atoms with van der Waals surface area (Å²) in [7, 11) is 0. The average Bonchev–Trinajstić information content (AvgIpc) is 2.37. The number of hydrogen-bond acceptors (Lipinski definition) is 2. The molecule has 2 heteroatoms. The fourth-order valence-corrected chi connectivity index (χ4v) is 5.55. The van der Waals surface area contributed by atoms with Crippen molar-refractivity contribution >= 4 is 0 Å². The molecule has 1 atom stereocenters. The van der Waals surface area contributed by atoms with Crippen molar-refractivity contribution in [3.63, 3.8) is 0 Å². The minimum atomic E-state index is 0.617. The molecule has 0 aliphatic heterocycles. The first kappa shape index (κ1) is 13.9. The lowest BCUT2D eigenvalue weighted by molar-refractivity contribution is -0.0645. The molecular formula is C17H31NO. The van der Waals surface area contributed by atoms with Gasteiger partial charge in [-0.05, 0) is 74.7 Å². The molecule has 0 spiro atoms. The second-order valence-corrected chi connectivity index (χ2v) is 7.25. The average molecular weight is 265 g/mol. The van der Waals surface area contributed by atoms with Crippen LogP contribution in [0.15, 0.2) is 0 Å². The van der Waals surface area contributed by atoms with Crippen molar-refractivity contribution in [3.8, 4) is 0 Å². The lowest BCUT2D eigenvalue weighted by Crippen LogP contribution is -2.54. The van der Waals surface area contributed by atoms with Crippen LogP contribution < -0.4 is 5.32 Å². The van der Waals surface area contributed by atoms with Crippen molar-refractivity contribution in [3.05, 3.63) is 0 Å². The summed E-state index contributed by atoms with van der Waals surface area (Å²) in [6.07, 6.45) is 8.78. The summed E-state index contributed by atoms with van der Waals surface area (Å²) in [6, 6.07) is 0.617. The van der Waals surface area contributed by atoms with Crippen molar-refractivity contribution in [1.29, 1.82) is 0 Å². The summed E-state index contributed by atoms with van der Waals surface area (Å²) >= 11 is 0. The quantitative estimate of drug-likeness (QED) is 0.712. The first-order valence-corrected chi connectivity index (χ1v) is 8.62. The second kappa shape index (κ2) is 6.13. The van der Waals surface area contributed by atoms with Gasteiger partial charge in [-0.25, -0.2) is 0 Å².